The van der Waals surface area contributed by atoms with Gasteiger partial charge < -0.3 is 10.8 Å². The minimum absolute atomic E-state index is 0.266. The number of nitrogen functional groups attached to an aromatic ring is 1. The standard InChI is InChI=1S/C8H9NO2S/c1-12-7-5(8(10)11)3-2-4-6(7)9/h2-4H,9H2,1H3,(H,10,11). The number of benzene rings is 1. The molecule has 0 aromatic heterocycles. The van der Waals surface area contributed by atoms with Crippen molar-refractivity contribution in [2.75, 3.05) is 12.0 Å². The zero-order valence-corrected chi connectivity index (χ0v) is 7.39. The van der Waals surface area contributed by atoms with Crippen molar-refractivity contribution in [3.63, 3.8) is 0 Å². The van der Waals surface area contributed by atoms with Gasteiger partial charge in [-0.1, -0.05) is 6.07 Å². The van der Waals surface area contributed by atoms with E-state index in [2.05, 4.69) is 0 Å². The molecule has 3 nitrogen and oxygen atoms in total. The highest BCUT2D eigenvalue weighted by atomic mass is 32.2. The molecule has 4 heteroatoms. The summed E-state index contributed by atoms with van der Waals surface area (Å²) >= 11 is 1.34. The molecule has 0 heterocycles. The molecular weight excluding hydrogens is 174 g/mol. The third-order valence-corrected chi connectivity index (χ3v) is 2.34. The zero-order chi connectivity index (χ0) is 9.14. The van der Waals surface area contributed by atoms with Crippen LogP contribution in [0.15, 0.2) is 23.1 Å². The topological polar surface area (TPSA) is 63.3 Å². The van der Waals surface area contributed by atoms with Gasteiger partial charge in [0.25, 0.3) is 0 Å². The first-order valence-corrected chi connectivity index (χ1v) is 4.55. The Bertz CT molecular complexity index is 312. The van der Waals surface area contributed by atoms with Gasteiger partial charge in [0.05, 0.1) is 5.56 Å². The Balaban J connectivity index is 3.27. The number of hydrogen-bond donors (Lipinski definition) is 2. The highest BCUT2D eigenvalue weighted by Crippen LogP contribution is 2.26. The lowest BCUT2D eigenvalue weighted by Gasteiger charge is -2.04. The van der Waals surface area contributed by atoms with Crippen LogP contribution in [0.5, 0.6) is 0 Å². The van der Waals surface area contributed by atoms with Gasteiger partial charge in [0, 0.05) is 10.6 Å². The van der Waals surface area contributed by atoms with Crippen LogP contribution in [0.3, 0.4) is 0 Å². The highest BCUT2D eigenvalue weighted by molar-refractivity contribution is 7.98. The molecular formula is C8H9NO2S. The van der Waals surface area contributed by atoms with Crippen LogP contribution >= 0.6 is 11.8 Å². The molecule has 1 aromatic rings. The maximum atomic E-state index is 10.7. The third-order valence-electron chi connectivity index (χ3n) is 1.48. The lowest BCUT2D eigenvalue weighted by molar-refractivity contribution is 0.0693. The molecule has 0 amide bonds. The van der Waals surface area contributed by atoms with Gasteiger partial charge in [-0.05, 0) is 18.4 Å². The van der Waals surface area contributed by atoms with Gasteiger partial charge in [-0.15, -0.1) is 11.8 Å². The molecule has 3 N–H and O–H groups in total. The molecule has 0 aliphatic heterocycles. The van der Waals surface area contributed by atoms with E-state index in [-0.39, 0.29) is 5.56 Å². The average Bonchev–Trinajstić information content (AvgIpc) is 2.03. The van der Waals surface area contributed by atoms with E-state index >= 15 is 0 Å². The maximum absolute atomic E-state index is 10.7. The monoisotopic (exact) mass is 183 g/mol. The van der Waals surface area contributed by atoms with E-state index in [9.17, 15) is 4.79 Å². The van der Waals surface area contributed by atoms with E-state index in [0.29, 0.717) is 10.6 Å². The van der Waals surface area contributed by atoms with Crippen LogP contribution in [0.1, 0.15) is 10.4 Å². The molecule has 0 radical (unpaired) electrons. The number of carboxylic acid groups (broad SMARTS) is 1. The van der Waals surface area contributed by atoms with E-state index in [1.54, 1.807) is 24.5 Å². The molecule has 1 aromatic carbocycles. The number of aromatic carboxylic acids is 1. The van der Waals surface area contributed by atoms with Gasteiger partial charge in [-0.3, -0.25) is 0 Å². The second-order valence-electron chi connectivity index (χ2n) is 2.23. The molecule has 1 rings (SSSR count). The van der Waals surface area contributed by atoms with E-state index in [0.717, 1.165) is 0 Å². The Hall–Kier alpha value is -1.16. The molecule has 0 fully saturated rings. The largest absolute Gasteiger partial charge is 0.478 e. The van der Waals surface area contributed by atoms with Crippen LogP contribution in [0, 0.1) is 0 Å². The molecule has 0 saturated heterocycles. The van der Waals surface area contributed by atoms with Gasteiger partial charge in [-0.25, -0.2) is 4.79 Å². The summed E-state index contributed by atoms with van der Waals surface area (Å²) in [6.07, 6.45) is 1.80. The van der Waals surface area contributed by atoms with Crippen molar-refractivity contribution in [3.8, 4) is 0 Å². The SMILES string of the molecule is CSc1c(N)cccc1C(=O)O. The normalized spacial score (nSPS) is 9.75. The van der Waals surface area contributed by atoms with Crippen LogP contribution in [0.4, 0.5) is 5.69 Å². The van der Waals surface area contributed by atoms with E-state index in [1.165, 1.54) is 11.8 Å². The minimum Gasteiger partial charge on any atom is -0.478 e. The van der Waals surface area contributed by atoms with Crippen molar-refractivity contribution < 1.29 is 9.90 Å². The van der Waals surface area contributed by atoms with Crippen molar-refractivity contribution in [3.05, 3.63) is 23.8 Å². The maximum Gasteiger partial charge on any atom is 0.336 e. The summed E-state index contributed by atoms with van der Waals surface area (Å²) < 4.78 is 0. The molecule has 64 valence electrons. The molecule has 0 bridgehead atoms. The Morgan fingerprint density at radius 1 is 1.58 bits per heavy atom. The quantitative estimate of drug-likeness (QED) is 0.541. The van der Waals surface area contributed by atoms with Crippen molar-refractivity contribution >= 4 is 23.4 Å². The molecule has 0 unspecified atom stereocenters. The lowest BCUT2D eigenvalue weighted by atomic mass is 10.2. The molecule has 0 saturated carbocycles. The smallest absolute Gasteiger partial charge is 0.336 e. The third kappa shape index (κ3) is 1.53. The summed E-state index contributed by atoms with van der Waals surface area (Å²) in [4.78, 5) is 11.3. The molecule has 12 heavy (non-hydrogen) atoms. The van der Waals surface area contributed by atoms with Crippen molar-refractivity contribution in [1.29, 1.82) is 0 Å². The van der Waals surface area contributed by atoms with Crippen molar-refractivity contribution in [2.45, 2.75) is 4.90 Å². The lowest BCUT2D eigenvalue weighted by Crippen LogP contribution is -2.01. The fourth-order valence-corrected chi connectivity index (χ4v) is 1.63. The summed E-state index contributed by atoms with van der Waals surface area (Å²) in [5.74, 6) is -0.938. The van der Waals surface area contributed by atoms with Gasteiger partial charge in [-0.2, -0.15) is 0 Å². The summed E-state index contributed by atoms with van der Waals surface area (Å²) in [7, 11) is 0. The summed E-state index contributed by atoms with van der Waals surface area (Å²) in [5, 5.41) is 8.75. The predicted octanol–water partition coefficient (Wildman–Crippen LogP) is 1.69. The number of carbonyl (C=O) groups is 1. The van der Waals surface area contributed by atoms with E-state index in [4.69, 9.17) is 10.8 Å². The summed E-state index contributed by atoms with van der Waals surface area (Å²) in [6, 6.07) is 4.88. The van der Waals surface area contributed by atoms with Crippen LogP contribution < -0.4 is 5.73 Å². The molecule has 0 aliphatic carbocycles. The minimum atomic E-state index is -0.938. The van der Waals surface area contributed by atoms with Gasteiger partial charge in [0.15, 0.2) is 0 Å². The van der Waals surface area contributed by atoms with Crippen LogP contribution in [-0.2, 0) is 0 Å². The Kier molecular flexibility index (Phi) is 2.60. The van der Waals surface area contributed by atoms with Gasteiger partial charge in [0.1, 0.15) is 0 Å². The first-order chi connectivity index (χ1) is 5.66. The van der Waals surface area contributed by atoms with Crippen molar-refractivity contribution in [2.24, 2.45) is 0 Å². The van der Waals surface area contributed by atoms with Gasteiger partial charge in [0.2, 0.25) is 0 Å². The molecule has 0 aliphatic rings. The number of anilines is 1. The van der Waals surface area contributed by atoms with Crippen LogP contribution in [-0.4, -0.2) is 17.3 Å². The number of rotatable bonds is 2. The first kappa shape index (κ1) is 8.93. The Morgan fingerprint density at radius 2 is 2.25 bits per heavy atom. The first-order valence-electron chi connectivity index (χ1n) is 3.32. The number of carboxylic acids is 1. The average molecular weight is 183 g/mol. The molecule has 0 atom stereocenters. The molecule has 0 spiro atoms. The highest BCUT2D eigenvalue weighted by Gasteiger charge is 2.10. The number of hydrogen-bond acceptors (Lipinski definition) is 3. The van der Waals surface area contributed by atoms with Crippen LogP contribution in [0.25, 0.3) is 0 Å². The zero-order valence-electron chi connectivity index (χ0n) is 6.57. The fraction of sp³-hybridized carbons (Fsp3) is 0.125. The second kappa shape index (κ2) is 3.49. The van der Waals surface area contributed by atoms with E-state index in [1.807, 2.05) is 0 Å². The van der Waals surface area contributed by atoms with Gasteiger partial charge >= 0.3 is 5.97 Å². The summed E-state index contributed by atoms with van der Waals surface area (Å²) in [5.41, 5.74) is 6.37. The summed E-state index contributed by atoms with van der Waals surface area (Å²) in [6.45, 7) is 0. The van der Waals surface area contributed by atoms with Crippen LogP contribution in [0.2, 0.25) is 0 Å². The predicted molar refractivity (Wildman–Crippen MR) is 49.6 cm³/mol. The fourth-order valence-electron chi connectivity index (χ4n) is 0.951. The van der Waals surface area contributed by atoms with Crippen molar-refractivity contribution in [1.82, 2.24) is 0 Å². The number of nitrogens with two attached hydrogens (primary N) is 1. The Labute approximate surface area is 74.6 Å². The Morgan fingerprint density at radius 3 is 2.67 bits per heavy atom. The van der Waals surface area contributed by atoms with E-state index < -0.39 is 5.97 Å². The number of thioether (sulfide) groups is 1. The second-order valence-corrected chi connectivity index (χ2v) is 3.05.